The molecule has 2 atom stereocenters. The van der Waals surface area contributed by atoms with Gasteiger partial charge in [0.2, 0.25) is 0 Å². The Morgan fingerprint density at radius 1 is 1.14 bits per heavy atom. The molecule has 0 radical (unpaired) electrons. The van der Waals surface area contributed by atoms with Gasteiger partial charge in [0.15, 0.2) is 0 Å². The maximum atomic E-state index is 5.76. The zero-order valence-corrected chi connectivity index (χ0v) is 9.70. The quantitative estimate of drug-likeness (QED) is 0.672. The summed E-state index contributed by atoms with van der Waals surface area (Å²) in [6.45, 7) is 10.1. The Kier molecular flexibility index (Phi) is 3.13. The molecule has 2 rings (SSSR count). The molecule has 1 aliphatic heterocycles. The lowest BCUT2D eigenvalue weighted by molar-refractivity contribution is 0.0910. The Labute approximate surface area is 87.6 Å². The minimum absolute atomic E-state index is 0.596. The van der Waals surface area contributed by atoms with Gasteiger partial charge in [-0.05, 0) is 45.4 Å². The Balaban J connectivity index is 1.97. The minimum Gasteiger partial charge on any atom is -0.379 e. The number of ether oxygens (including phenoxy) is 1. The summed E-state index contributed by atoms with van der Waals surface area (Å²) >= 11 is 0. The highest BCUT2D eigenvalue weighted by atomic mass is 16.5. The van der Waals surface area contributed by atoms with Gasteiger partial charge in [0.05, 0.1) is 13.2 Å². The molecular formula is C12H23NO. The van der Waals surface area contributed by atoms with Crippen molar-refractivity contribution < 1.29 is 4.74 Å². The van der Waals surface area contributed by atoms with E-state index in [1.807, 2.05) is 0 Å². The van der Waals surface area contributed by atoms with Crippen LogP contribution in [0.2, 0.25) is 0 Å². The van der Waals surface area contributed by atoms with Gasteiger partial charge in [-0.1, -0.05) is 0 Å². The summed E-state index contributed by atoms with van der Waals surface area (Å²) in [4.78, 5) is 2.61. The summed E-state index contributed by atoms with van der Waals surface area (Å²) in [6, 6.07) is 1.26. The molecule has 2 fully saturated rings. The van der Waals surface area contributed by atoms with Gasteiger partial charge >= 0.3 is 0 Å². The summed E-state index contributed by atoms with van der Waals surface area (Å²) in [5.74, 6) is 1.78. The predicted octanol–water partition coefficient (Wildman–Crippen LogP) is 2.14. The van der Waals surface area contributed by atoms with Crippen LogP contribution in [0.25, 0.3) is 0 Å². The lowest BCUT2D eigenvalue weighted by Gasteiger charge is -2.32. The molecule has 0 amide bonds. The van der Waals surface area contributed by atoms with Crippen LogP contribution in [0.3, 0.4) is 0 Å². The third-order valence-corrected chi connectivity index (χ3v) is 3.65. The second-order valence-electron chi connectivity index (χ2n) is 5.27. The molecule has 1 saturated heterocycles. The third kappa shape index (κ3) is 2.29. The van der Waals surface area contributed by atoms with E-state index in [-0.39, 0.29) is 0 Å². The van der Waals surface area contributed by atoms with E-state index in [1.165, 1.54) is 19.4 Å². The minimum atomic E-state index is 0.596. The van der Waals surface area contributed by atoms with Crippen molar-refractivity contribution in [1.29, 1.82) is 0 Å². The van der Waals surface area contributed by atoms with E-state index in [2.05, 4.69) is 25.7 Å². The molecule has 0 aromatic carbocycles. The molecular weight excluding hydrogens is 174 g/mol. The van der Waals surface area contributed by atoms with Crippen LogP contribution in [-0.4, -0.2) is 36.7 Å². The van der Waals surface area contributed by atoms with Crippen LogP contribution in [0.1, 0.15) is 33.6 Å². The van der Waals surface area contributed by atoms with Crippen molar-refractivity contribution in [2.24, 2.45) is 11.8 Å². The number of rotatable bonds is 2. The highest BCUT2D eigenvalue weighted by molar-refractivity contribution is 4.87. The van der Waals surface area contributed by atoms with Crippen LogP contribution in [0.5, 0.6) is 0 Å². The van der Waals surface area contributed by atoms with Crippen molar-refractivity contribution in [3.05, 3.63) is 0 Å². The molecule has 2 nitrogen and oxygen atoms in total. The largest absolute Gasteiger partial charge is 0.379 e. The average Bonchev–Trinajstić information content (AvgIpc) is 2.89. The zero-order chi connectivity index (χ0) is 10.1. The summed E-state index contributed by atoms with van der Waals surface area (Å²) in [5, 5.41) is 0. The van der Waals surface area contributed by atoms with Crippen LogP contribution in [0.4, 0.5) is 0 Å². The van der Waals surface area contributed by atoms with Gasteiger partial charge in [-0.2, -0.15) is 0 Å². The molecule has 0 N–H and O–H groups in total. The van der Waals surface area contributed by atoms with Crippen molar-refractivity contribution in [2.45, 2.75) is 45.7 Å². The number of hydrogen-bond acceptors (Lipinski definition) is 2. The molecule has 1 aliphatic carbocycles. The van der Waals surface area contributed by atoms with E-state index in [1.54, 1.807) is 0 Å². The van der Waals surface area contributed by atoms with Crippen molar-refractivity contribution >= 4 is 0 Å². The lowest BCUT2D eigenvalue weighted by Crippen LogP contribution is -2.42. The fraction of sp³-hybridized carbons (Fsp3) is 1.00. The Morgan fingerprint density at radius 3 is 2.43 bits per heavy atom. The first-order valence-corrected chi connectivity index (χ1v) is 6.02. The smallest absolute Gasteiger partial charge is 0.0619 e. The van der Waals surface area contributed by atoms with Crippen LogP contribution in [0, 0.1) is 11.8 Å². The van der Waals surface area contributed by atoms with Gasteiger partial charge in [-0.15, -0.1) is 0 Å². The van der Waals surface area contributed by atoms with Gasteiger partial charge in [0.25, 0.3) is 0 Å². The van der Waals surface area contributed by atoms with Crippen LogP contribution >= 0.6 is 0 Å². The summed E-state index contributed by atoms with van der Waals surface area (Å²) in [6.07, 6.45) is 2.88. The Hall–Kier alpha value is -0.0800. The molecule has 2 aliphatic rings. The fourth-order valence-corrected chi connectivity index (χ4v) is 2.56. The monoisotopic (exact) mass is 197 g/mol. The average molecular weight is 197 g/mol. The molecule has 0 aromatic rings. The van der Waals surface area contributed by atoms with Crippen LogP contribution in [-0.2, 0) is 4.74 Å². The van der Waals surface area contributed by atoms with E-state index < -0.39 is 0 Å². The lowest BCUT2D eigenvalue weighted by atomic mass is 10.0. The predicted molar refractivity (Wildman–Crippen MR) is 58.3 cm³/mol. The van der Waals surface area contributed by atoms with E-state index in [9.17, 15) is 0 Å². The summed E-state index contributed by atoms with van der Waals surface area (Å²) in [5.41, 5.74) is 0. The number of nitrogens with zero attached hydrogens (tertiary/aromatic N) is 1. The summed E-state index contributed by atoms with van der Waals surface area (Å²) < 4.78 is 5.76. The summed E-state index contributed by atoms with van der Waals surface area (Å²) in [7, 11) is 0. The SMILES string of the molecule is CC(C)N1CC(C2CC2)COCC1C. The standard InChI is InChI=1S/C12H23NO/c1-9(2)13-6-12(11-4-5-11)8-14-7-10(13)3/h9-12H,4-8H2,1-3H3. The van der Waals surface area contributed by atoms with Gasteiger partial charge in [-0.3, -0.25) is 4.90 Å². The van der Waals surface area contributed by atoms with E-state index in [4.69, 9.17) is 4.74 Å². The second kappa shape index (κ2) is 4.19. The van der Waals surface area contributed by atoms with E-state index >= 15 is 0 Å². The molecule has 0 bridgehead atoms. The molecule has 2 heteroatoms. The first-order chi connectivity index (χ1) is 6.68. The highest BCUT2D eigenvalue weighted by Gasteiger charge is 2.35. The molecule has 1 saturated carbocycles. The van der Waals surface area contributed by atoms with E-state index in [0.717, 1.165) is 25.0 Å². The topological polar surface area (TPSA) is 12.5 Å². The van der Waals surface area contributed by atoms with Crippen molar-refractivity contribution in [3.63, 3.8) is 0 Å². The molecule has 2 unspecified atom stereocenters. The van der Waals surface area contributed by atoms with Crippen molar-refractivity contribution in [1.82, 2.24) is 4.90 Å². The maximum Gasteiger partial charge on any atom is 0.0619 e. The molecule has 14 heavy (non-hydrogen) atoms. The molecule has 0 spiro atoms. The van der Waals surface area contributed by atoms with Gasteiger partial charge in [-0.25, -0.2) is 0 Å². The first kappa shape index (κ1) is 10.4. The Morgan fingerprint density at radius 2 is 1.86 bits per heavy atom. The molecule has 1 heterocycles. The van der Waals surface area contributed by atoms with Crippen molar-refractivity contribution in [2.75, 3.05) is 19.8 Å². The highest BCUT2D eigenvalue weighted by Crippen LogP contribution is 2.38. The molecule has 82 valence electrons. The van der Waals surface area contributed by atoms with Gasteiger partial charge < -0.3 is 4.74 Å². The van der Waals surface area contributed by atoms with Crippen molar-refractivity contribution in [3.8, 4) is 0 Å². The normalized spacial score (nSPS) is 36.0. The number of hydrogen-bond donors (Lipinski definition) is 0. The van der Waals surface area contributed by atoms with Gasteiger partial charge in [0.1, 0.15) is 0 Å². The third-order valence-electron chi connectivity index (χ3n) is 3.65. The van der Waals surface area contributed by atoms with Gasteiger partial charge in [0, 0.05) is 18.6 Å². The first-order valence-electron chi connectivity index (χ1n) is 6.02. The van der Waals surface area contributed by atoms with Crippen LogP contribution < -0.4 is 0 Å². The van der Waals surface area contributed by atoms with E-state index in [0.29, 0.717) is 12.1 Å². The van der Waals surface area contributed by atoms with Crippen LogP contribution in [0.15, 0.2) is 0 Å². The Bertz CT molecular complexity index is 189. The zero-order valence-electron chi connectivity index (χ0n) is 9.70. The second-order valence-corrected chi connectivity index (χ2v) is 5.27. The maximum absolute atomic E-state index is 5.76. The fourth-order valence-electron chi connectivity index (χ4n) is 2.56. The molecule has 0 aromatic heterocycles.